The van der Waals surface area contributed by atoms with Gasteiger partial charge in [-0.05, 0) is 52.3 Å². The molecule has 0 N–H and O–H groups in total. The summed E-state index contributed by atoms with van der Waals surface area (Å²) in [5.74, 6) is 0.0905. The summed E-state index contributed by atoms with van der Waals surface area (Å²) in [5, 5.41) is 1.61. The third kappa shape index (κ3) is 6.94. The molecule has 10 nitrogen and oxygen atoms in total. The maximum absolute atomic E-state index is 15.8. The highest BCUT2D eigenvalue weighted by molar-refractivity contribution is 7.92. The summed E-state index contributed by atoms with van der Waals surface area (Å²) in [6, 6.07) is 6.76. The van der Waals surface area contributed by atoms with Crippen molar-refractivity contribution in [1.29, 1.82) is 0 Å². The van der Waals surface area contributed by atoms with Crippen LogP contribution in [0.4, 0.5) is 20.7 Å². The smallest absolute Gasteiger partial charge is 0.410 e. The molecule has 2 atom stereocenters. The minimum absolute atomic E-state index is 0.0469. The van der Waals surface area contributed by atoms with Gasteiger partial charge in [0.1, 0.15) is 27.8 Å². The maximum atomic E-state index is 15.8. The fourth-order valence-electron chi connectivity index (χ4n) is 5.06. The minimum Gasteiger partial charge on any atom is -0.497 e. The molecule has 0 spiro atoms. The van der Waals surface area contributed by atoms with Crippen LogP contribution in [-0.4, -0.2) is 69.9 Å². The number of benzene rings is 2. The number of amides is 1. The maximum Gasteiger partial charge on any atom is 0.410 e. The second kappa shape index (κ2) is 12.7. The van der Waals surface area contributed by atoms with E-state index in [0.717, 1.165) is 16.4 Å². The Balaban J connectivity index is 1.65. The number of thiazole rings is 1. The Bertz CT molecular complexity index is 1570. The second-order valence-corrected chi connectivity index (χ2v) is 14.1. The molecule has 43 heavy (non-hydrogen) atoms. The van der Waals surface area contributed by atoms with Gasteiger partial charge >= 0.3 is 6.09 Å². The van der Waals surface area contributed by atoms with Crippen LogP contribution in [0.15, 0.2) is 46.1 Å². The van der Waals surface area contributed by atoms with Crippen LogP contribution in [0.5, 0.6) is 11.5 Å². The number of rotatable bonds is 9. The summed E-state index contributed by atoms with van der Waals surface area (Å²) >= 11 is 7.85. The Morgan fingerprint density at radius 1 is 1.21 bits per heavy atom. The van der Waals surface area contributed by atoms with E-state index in [0.29, 0.717) is 35.7 Å². The molecule has 234 valence electrons. The van der Waals surface area contributed by atoms with Crippen LogP contribution < -0.4 is 18.7 Å². The van der Waals surface area contributed by atoms with Crippen molar-refractivity contribution in [2.24, 2.45) is 0 Å². The molecule has 2 aromatic carbocycles. The fourth-order valence-corrected chi connectivity index (χ4v) is 7.49. The van der Waals surface area contributed by atoms with Gasteiger partial charge in [0.15, 0.2) is 5.82 Å². The molecule has 1 aromatic heterocycles. The van der Waals surface area contributed by atoms with Gasteiger partial charge < -0.3 is 24.0 Å². The Morgan fingerprint density at radius 3 is 2.53 bits per heavy atom. The SMILES string of the molecule is COc1ccc(CN(c2cscn2)S(=O)(=O)c2cc(Cl)c(N(C)C3CCN(C(=O)OC(C)(C)C)C3C)cc2F)c(OC)c1. The summed E-state index contributed by atoms with van der Waals surface area (Å²) < 4.78 is 61.1. The van der Waals surface area contributed by atoms with Crippen LogP contribution >= 0.6 is 22.9 Å². The number of methoxy groups -OCH3 is 2. The largest absolute Gasteiger partial charge is 0.497 e. The first-order valence-electron chi connectivity index (χ1n) is 13.5. The van der Waals surface area contributed by atoms with Gasteiger partial charge in [-0.3, -0.25) is 0 Å². The molecule has 3 aromatic rings. The third-order valence-corrected chi connectivity index (χ3v) is 9.91. The molecule has 0 aliphatic carbocycles. The molecule has 1 amide bonds. The molecule has 0 radical (unpaired) electrons. The first-order chi connectivity index (χ1) is 20.2. The van der Waals surface area contributed by atoms with E-state index >= 15 is 4.39 Å². The number of aromatic nitrogens is 1. The number of likely N-dealkylation sites (tertiary alicyclic amines) is 1. The molecular weight excluding hydrogens is 619 g/mol. The van der Waals surface area contributed by atoms with Crippen LogP contribution in [0.25, 0.3) is 0 Å². The molecule has 1 fully saturated rings. The number of ether oxygens (including phenoxy) is 3. The third-order valence-electron chi connectivity index (χ3n) is 7.27. The zero-order valence-electron chi connectivity index (χ0n) is 25.1. The van der Waals surface area contributed by atoms with Crippen molar-refractivity contribution in [3.8, 4) is 11.5 Å². The van der Waals surface area contributed by atoms with Gasteiger partial charge in [-0.25, -0.2) is 26.9 Å². The molecular formula is C29H36ClFN4O6S2. The average Bonchev–Trinajstić information content (AvgIpc) is 3.61. The van der Waals surface area contributed by atoms with Gasteiger partial charge in [0.2, 0.25) is 0 Å². The first kappa shape index (κ1) is 32.6. The standard InChI is InChI=1S/C29H36ClFN4O6S2/c1-18-23(10-11-34(18)28(36)41-29(2,3)4)33(5)24-14-22(31)26(13-21(24)30)43(37,38)35(27-16-42-17-32-27)15-19-8-9-20(39-6)12-25(19)40-7/h8-9,12-14,16-18,23H,10-11,15H2,1-7H3. The quantitative estimate of drug-likeness (QED) is 0.270. The minimum atomic E-state index is -4.48. The molecule has 4 rings (SSSR count). The van der Waals surface area contributed by atoms with E-state index in [2.05, 4.69) is 4.98 Å². The van der Waals surface area contributed by atoms with Crippen molar-refractivity contribution in [3.63, 3.8) is 0 Å². The lowest BCUT2D eigenvalue weighted by Crippen LogP contribution is -2.45. The van der Waals surface area contributed by atoms with Crippen molar-refractivity contribution in [1.82, 2.24) is 9.88 Å². The molecule has 0 saturated carbocycles. The summed E-state index contributed by atoms with van der Waals surface area (Å²) in [5.41, 5.74) is 1.68. The summed E-state index contributed by atoms with van der Waals surface area (Å²) in [6.45, 7) is 7.57. The zero-order valence-corrected chi connectivity index (χ0v) is 27.5. The number of sulfonamides is 1. The molecule has 0 bridgehead atoms. The summed E-state index contributed by atoms with van der Waals surface area (Å²) in [6.07, 6.45) is 0.168. The van der Waals surface area contributed by atoms with Crippen molar-refractivity contribution in [2.75, 3.05) is 37.0 Å². The molecule has 1 aliphatic heterocycles. The van der Waals surface area contributed by atoms with Crippen LogP contribution in [0.3, 0.4) is 0 Å². The number of hydrogen-bond acceptors (Lipinski definition) is 9. The van der Waals surface area contributed by atoms with Gasteiger partial charge in [0.05, 0.1) is 49.1 Å². The van der Waals surface area contributed by atoms with Gasteiger partial charge in [-0.15, -0.1) is 11.3 Å². The van der Waals surface area contributed by atoms with Gasteiger partial charge in [-0.1, -0.05) is 11.6 Å². The van der Waals surface area contributed by atoms with Crippen molar-refractivity contribution >= 4 is 50.6 Å². The zero-order chi connectivity index (χ0) is 31.7. The van der Waals surface area contributed by atoms with Crippen molar-refractivity contribution < 1.29 is 31.8 Å². The van der Waals surface area contributed by atoms with Crippen LogP contribution in [0, 0.1) is 5.82 Å². The monoisotopic (exact) mass is 654 g/mol. The van der Waals surface area contributed by atoms with E-state index in [1.807, 2.05) is 6.92 Å². The average molecular weight is 655 g/mol. The van der Waals surface area contributed by atoms with E-state index in [-0.39, 0.29) is 29.5 Å². The van der Waals surface area contributed by atoms with Crippen LogP contribution in [-0.2, 0) is 21.3 Å². The lowest BCUT2D eigenvalue weighted by Gasteiger charge is -2.33. The Morgan fingerprint density at radius 2 is 1.93 bits per heavy atom. The van der Waals surface area contributed by atoms with Crippen LogP contribution in [0.2, 0.25) is 5.02 Å². The number of nitrogens with zero attached hydrogens (tertiary/aromatic N) is 4. The van der Waals surface area contributed by atoms with Gasteiger partial charge in [-0.2, -0.15) is 0 Å². The van der Waals surface area contributed by atoms with Gasteiger partial charge in [0.25, 0.3) is 10.0 Å². The molecule has 1 saturated heterocycles. The first-order valence-corrected chi connectivity index (χ1v) is 16.3. The van der Waals surface area contributed by atoms with Crippen molar-refractivity contribution in [3.05, 3.63) is 57.6 Å². The summed E-state index contributed by atoms with van der Waals surface area (Å²) in [4.78, 5) is 19.7. The highest BCUT2D eigenvalue weighted by Gasteiger charge is 2.39. The Labute approximate surface area is 261 Å². The lowest BCUT2D eigenvalue weighted by atomic mass is 10.1. The van der Waals surface area contributed by atoms with E-state index in [9.17, 15) is 13.2 Å². The number of halogens is 2. The predicted molar refractivity (Wildman–Crippen MR) is 166 cm³/mol. The number of anilines is 2. The van der Waals surface area contributed by atoms with Gasteiger partial charge in [0, 0.05) is 36.7 Å². The Kier molecular flexibility index (Phi) is 9.67. The normalized spacial score (nSPS) is 17.1. The molecule has 1 aliphatic rings. The van der Waals surface area contributed by atoms with E-state index in [1.54, 1.807) is 61.2 Å². The molecule has 14 heteroatoms. The molecule has 2 heterocycles. The predicted octanol–water partition coefficient (Wildman–Crippen LogP) is 6.18. The van der Waals surface area contributed by atoms with E-state index in [4.69, 9.17) is 25.8 Å². The highest BCUT2D eigenvalue weighted by atomic mass is 35.5. The molecule has 2 unspecified atom stereocenters. The number of carbonyl (C=O) groups is 1. The lowest BCUT2D eigenvalue weighted by molar-refractivity contribution is 0.0233. The fraction of sp³-hybridized carbons (Fsp3) is 0.448. The summed E-state index contributed by atoms with van der Waals surface area (Å²) in [7, 11) is 0.237. The number of carbonyl (C=O) groups excluding carboxylic acids is 1. The van der Waals surface area contributed by atoms with Crippen LogP contribution in [0.1, 0.15) is 39.7 Å². The number of likely N-dealkylation sites (N-methyl/N-ethyl adjacent to an activating group) is 1. The van der Waals surface area contributed by atoms with E-state index in [1.165, 1.54) is 31.1 Å². The Hall–Kier alpha value is -3.29. The van der Waals surface area contributed by atoms with E-state index < -0.39 is 32.4 Å². The highest BCUT2D eigenvalue weighted by Crippen LogP contribution is 2.37. The number of hydrogen-bond donors (Lipinski definition) is 0. The topological polar surface area (TPSA) is 102 Å². The second-order valence-electron chi connectivity index (χ2n) is 11.2. The van der Waals surface area contributed by atoms with Crippen molar-refractivity contribution in [2.45, 2.75) is 63.2 Å².